The molecule has 0 unspecified atom stereocenters. The van der Waals surface area contributed by atoms with Crippen LogP contribution in [0.15, 0.2) is 0 Å². The first-order valence-corrected chi connectivity index (χ1v) is 2.25. The highest BCUT2D eigenvalue weighted by Gasteiger charge is 1.96. The van der Waals surface area contributed by atoms with Crippen LogP contribution in [0.3, 0.4) is 0 Å². The molecule has 0 aliphatic rings. The van der Waals surface area contributed by atoms with Gasteiger partial charge in [-0.1, -0.05) is 5.90 Å². The van der Waals surface area contributed by atoms with E-state index in [1.807, 2.05) is 0 Å². The summed E-state index contributed by atoms with van der Waals surface area (Å²) in [6.45, 7) is 0. The molecule has 6 heteroatoms. The monoisotopic (exact) mass is 112 g/mol. The van der Waals surface area contributed by atoms with Gasteiger partial charge in [-0.25, -0.2) is 0 Å². The molecular weight excluding hydrogens is 110 g/mol. The lowest BCUT2D eigenvalue weighted by Gasteiger charge is -1.79. The Balaban J connectivity index is 3.85. The van der Waals surface area contributed by atoms with Gasteiger partial charge in [0.25, 0.3) is 0 Å². The molecule has 0 saturated carbocycles. The zero-order valence-corrected chi connectivity index (χ0v) is 3.40. The fraction of sp³-hybridized carbons (Fsp3) is 0. The van der Waals surface area contributed by atoms with E-state index in [-0.39, 0.29) is 0 Å². The Bertz CT molecular complexity index is 110. The summed E-state index contributed by atoms with van der Waals surface area (Å²) in [7, 11) is -4.50. The van der Waals surface area contributed by atoms with Crippen molar-refractivity contribution in [3.63, 3.8) is 0 Å². The van der Waals surface area contributed by atoms with E-state index in [1.165, 1.54) is 0 Å². The van der Waals surface area contributed by atoms with Crippen LogP contribution in [-0.2, 0) is 14.7 Å². The summed E-state index contributed by atoms with van der Waals surface area (Å²) in [5, 5.41) is 0. The second-order valence-corrected chi connectivity index (χ2v) is 1.53. The predicted octanol–water partition coefficient (Wildman–Crippen LogP) is -0.996. The van der Waals surface area contributed by atoms with E-state index in [1.54, 1.807) is 0 Å². The fourth-order valence-electron chi connectivity index (χ4n) is 0. The summed E-state index contributed by atoms with van der Waals surface area (Å²) in [5.41, 5.74) is 0. The fourth-order valence-corrected chi connectivity index (χ4v) is 0. The minimum atomic E-state index is -4.50. The molecule has 0 bridgehead atoms. The molecule has 0 aliphatic carbocycles. The van der Waals surface area contributed by atoms with Gasteiger partial charge >= 0.3 is 10.4 Å². The van der Waals surface area contributed by atoms with Gasteiger partial charge in [0.15, 0.2) is 0 Å². The Labute approximate surface area is 34.6 Å². The number of nitrogens with one attached hydrogen (secondary N) is 1. The van der Waals surface area contributed by atoms with Gasteiger partial charge in [-0.05, 0) is 0 Å². The Morgan fingerprint density at radius 2 is 1.83 bits per heavy atom. The van der Waals surface area contributed by atoms with Gasteiger partial charge in [0.2, 0.25) is 0 Å². The van der Waals surface area contributed by atoms with Crippen molar-refractivity contribution in [3.05, 3.63) is 0 Å². The first kappa shape index (κ1) is 5.83. The average molecular weight is 112 g/mol. The molecular formula is H2NO4S. The topological polar surface area (TPSA) is 87.4 Å². The van der Waals surface area contributed by atoms with Crippen LogP contribution >= 0.6 is 0 Å². The molecule has 2 N–H and O–H groups in total. The molecule has 0 fully saturated rings. The van der Waals surface area contributed by atoms with Gasteiger partial charge < -0.3 is 0 Å². The molecule has 0 aromatic rings. The standard InChI is InChI=1S/H2NO4S/c1-5-6(2,3)4/h1H,(H,2,3,4). The predicted molar refractivity (Wildman–Crippen MR) is 15.7 cm³/mol. The smallest absolute Gasteiger partial charge is 0.262 e. The minimum absolute atomic E-state index is 2.72. The van der Waals surface area contributed by atoms with Crippen LogP contribution in [0.5, 0.6) is 0 Å². The van der Waals surface area contributed by atoms with Gasteiger partial charge in [0.05, 0.1) is 0 Å². The molecule has 0 spiro atoms. The minimum Gasteiger partial charge on any atom is -0.262 e. The highest BCUT2D eigenvalue weighted by Crippen LogP contribution is 1.73. The highest BCUT2D eigenvalue weighted by molar-refractivity contribution is 7.80. The Kier molecular flexibility index (Phi) is 1.48. The normalized spacial score (nSPS) is 11.7. The van der Waals surface area contributed by atoms with Crippen molar-refractivity contribution in [2.24, 2.45) is 0 Å². The lowest BCUT2D eigenvalue weighted by atomic mass is 13.6. The van der Waals surface area contributed by atoms with Crippen molar-refractivity contribution >= 4 is 10.4 Å². The maximum atomic E-state index is 9.15. The van der Waals surface area contributed by atoms with Crippen LogP contribution in [0.2, 0.25) is 0 Å². The average Bonchev–Trinajstić information content (AvgIpc) is 1.35. The third-order valence-electron chi connectivity index (χ3n) is 0.105. The Morgan fingerprint density at radius 1 is 1.67 bits per heavy atom. The molecule has 0 atom stereocenters. The second kappa shape index (κ2) is 1.52. The third-order valence-corrected chi connectivity index (χ3v) is 0.316. The van der Waals surface area contributed by atoms with Crippen molar-refractivity contribution in [1.29, 1.82) is 0 Å². The molecule has 0 rings (SSSR count). The Hall–Kier alpha value is -0.170. The Morgan fingerprint density at radius 3 is 1.83 bits per heavy atom. The van der Waals surface area contributed by atoms with Gasteiger partial charge in [0, 0.05) is 0 Å². The maximum absolute atomic E-state index is 9.15. The van der Waals surface area contributed by atoms with E-state index in [9.17, 15) is 0 Å². The van der Waals surface area contributed by atoms with Crippen molar-refractivity contribution in [2.75, 3.05) is 0 Å². The van der Waals surface area contributed by atoms with E-state index >= 15 is 0 Å². The van der Waals surface area contributed by atoms with Gasteiger partial charge in [-0.2, -0.15) is 8.42 Å². The van der Waals surface area contributed by atoms with Crippen LogP contribution in [0.1, 0.15) is 0 Å². The zero-order chi connectivity index (χ0) is 5.21. The van der Waals surface area contributed by atoms with Crippen molar-refractivity contribution in [2.45, 2.75) is 0 Å². The van der Waals surface area contributed by atoms with Crippen molar-refractivity contribution < 1.29 is 17.3 Å². The van der Waals surface area contributed by atoms with E-state index < -0.39 is 10.4 Å². The van der Waals surface area contributed by atoms with Crippen LogP contribution in [-0.4, -0.2) is 13.0 Å². The summed E-state index contributed by atoms with van der Waals surface area (Å²) in [6.07, 6.45) is 0. The highest BCUT2D eigenvalue weighted by atomic mass is 32.3. The van der Waals surface area contributed by atoms with Crippen molar-refractivity contribution in [3.8, 4) is 0 Å². The van der Waals surface area contributed by atoms with Gasteiger partial charge in [0.1, 0.15) is 0 Å². The summed E-state index contributed by atoms with van der Waals surface area (Å²) >= 11 is 0. The molecule has 5 nitrogen and oxygen atoms in total. The lowest BCUT2D eigenvalue weighted by Crippen LogP contribution is -1.99. The number of hydrogen-bond donors (Lipinski definition) is 1. The molecule has 0 aromatic carbocycles. The van der Waals surface area contributed by atoms with Crippen LogP contribution in [0.25, 0.3) is 0 Å². The SMILES string of the molecule is [NH]OS(=O)(=O)O. The molecule has 0 saturated heterocycles. The third kappa shape index (κ3) is 3.83. The maximum Gasteiger partial charge on any atom is 0.414 e. The number of hydrogen-bond acceptors (Lipinski definition) is 3. The van der Waals surface area contributed by atoms with Crippen LogP contribution < -0.4 is 5.90 Å². The van der Waals surface area contributed by atoms with Crippen LogP contribution in [0, 0.1) is 0 Å². The van der Waals surface area contributed by atoms with E-state index in [0.29, 0.717) is 0 Å². The molecule has 0 aliphatic heterocycles. The second-order valence-electron chi connectivity index (χ2n) is 0.511. The first-order valence-electron chi connectivity index (χ1n) is 0.887. The molecule has 6 heavy (non-hydrogen) atoms. The summed E-state index contributed by atoms with van der Waals surface area (Å²) < 4.78 is 28.4. The summed E-state index contributed by atoms with van der Waals surface area (Å²) in [4.78, 5) is 0. The zero-order valence-electron chi connectivity index (χ0n) is 2.58. The number of rotatable bonds is 1. The quantitative estimate of drug-likeness (QED) is 0.348. The molecule has 0 amide bonds. The van der Waals surface area contributed by atoms with E-state index in [4.69, 9.17) is 18.9 Å². The first-order chi connectivity index (χ1) is 2.56. The molecule has 0 aromatic heterocycles. The van der Waals surface area contributed by atoms with Gasteiger partial charge in [-0.15, -0.1) is 4.28 Å². The van der Waals surface area contributed by atoms with E-state index in [0.717, 1.165) is 0 Å². The molecule has 37 valence electrons. The van der Waals surface area contributed by atoms with Crippen molar-refractivity contribution in [1.82, 2.24) is 5.90 Å². The van der Waals surface area contributed by atoms with Gasteiger partial charge in [-0.3, -0.25) is 4.55 Å². The largest absolute Gasteiger partial charge is 0.414 e. The summed E-state index contributed by atoms with van der Waals surface area (Å²) in [5.74, 6) is 5.52. The summed E-state index contributed by atoms with van der Waals surface area (Å²) in [6, 6.07) is 0. The van der Waals surface area contributed by atoms with E-state index in [2.05, 4.69) is 4.28 Å². The molecule has 0 heterocycles. The lowest BCUT2D eigenvalue weighted by molar-refractivity contribution is 0.260. The van der Waals surface area contributed by atoms with Crippen LogP contribution in [0.4, 0.5) is 0 Å². The molecule has 1 radical (unpaired) electrons.